The van der Waals surface area contributed by atoms with Crippen molar-refractivity contribution in [1.29, 1.82) is 0 Å². The monoisotopic (exact) mass is 164 g/mol. The molecule has 0 aromatic carbocycles. The second-order valence-electron chi connectivity index (χ2n) is 2.44. The Morgan fingerprint density at radius 1 is 1.45 bits per heavy atom. The third-order valence-corrected chi connectivity index (χ3v) is 1.76. The number of aliphatic hydroxyl groups is 3. The smallest absolute Gasteiger partial charge is 0.184 e. The van der Waals surface area contributed by atoms with Gasteiger partial charge in [-0.1, -0.05) is 0 Å². The molecule has 1 saturated heterocycles. The lowest BCUT2D eigenvalue weighted by Gasteiger charge is -2.14. The number of rotatable bonds is 2. The average Bonchev–Trinajstić information content (AvgIpc) is 2.26. The molecule has 0 aromatic heterocycles. The van der Waals surface area contributed by atoms with Crippen molar-refractivity contribution in [3.63, 3.8) is 0 Å². The molecule has 1 fully saturated rings. The molecule has 0 radical (unpaired) electrons. The summed E-state index contributed by atoms with van der Waals surface area (Å²) < 4.78 is 9.49. The van der Waals surface area contributed by atoms with Crippen molar-refractivity contribution in [1.82, 2.24) is 0 Å². The summed E-state index contributed by atoms with van der Waals surface area (Å²) in [5.74, 6) is 0. The topological polar surface area (TPSA) is 79.2 Å². The minimum absolute atomic E-state index is 0.321. The van der Waals surface area contributed by atoms with E-state index in [0.717, 1.165) is 0 Å². The molecule has 0 unspecified atom stereocenters. The lowest BCUT2D eigenvalue weighted by atomic mass is 10.1. The second kappa shape index (κ2) is 3.46. The molecule has 1 rings (SSSR count). The molecule has 1 aliphatic heterocycles. The van der Waals surface area contributed by atoms with Crippen molar-refractivity contribution in [3.05, 3.63) is 0 Å². The Labute approximate surface area is 64.2 Å². The number of ether oxygens (including phenoxy) is 2. The fourth-order valence-corrected chi connectivity index (χ4v) is 1.12. The van der Waals surface area contributed by atoms with Gasteiger partial charge in [0, 0.05) is 7.11 Å². The van der Waals surface area contributed by atoms with E-state index in [0.29, 0.717) is 0 Å². The molecule has 1 aliphatic rings. The van der Waals surface area contributed by atoms with Gasteiger partial charge in [-0.2, -0.15) is 0 Å². The van der Waals surface area contributed by atoms with Gasteiger partial charge in [0.05, 0.1) is 6.61 Å². The van der Waals surface area contributed by atoms with Gasteiger partial charge in [-0.25, -0.2) is 0 Å². The molecule has 5 heteroatoms. The van der Waals surface area contributed by atoms with Gasteiger partial charge in [0.15, 0.2) is 6.29 Å². The van der Waals surface area contributed by atoms with Crippen LogP contribution in [0.3, 0.4) is 0 Å². The summed E-state index contributed by atoms with van der Waals surface area (Å²) in [6.07, 6.45) is -3.60. The van der Waals surface area contributed by atoms with Gasteiger partial charge in [-0.15, -0.1) is 0 Å². The summed E-state index contributed by atoms with van der Waals surface area (Å²) in [5, 5.41) is 26.9. The van der Waals surface area contributed by atoms with Gasteiger partial charge in [-0.3, -0.25) is 0 Å². The Morgan fingerprint density at radius 2 is 2.09 bits per heavy atom. The highest BCUT2D eigenvalue weighted by molar-refractivity contribution is 4.86. The third kappa shape index (κ3) is 1.52. The summed E-state index contributed by atoms with van der Waals surface area (Å²) in [5.41, 5.74) is 0. The third-order valence-electron chi connectivity index (χ3n) is 1.76. The zero-order valence-corrected chi connectivity index (χ0v) is 6.17. The van der Waals surface area contributed by atoms with Gasteiger partial charge in [0.2, 0.25) is 0 Å². The normalized spacial score (nSPS) is 44.7. The summed E-state index contributed by atoms with van der Waals surface area (Å²) in [6.45, 7) is -0.321. The highest BCUT2D eigenvalue weighted by Gasteiger charge is 2.42. The maximum atomic E-state index is 9.25. The van der Waals surface area contributed by atoms with E-state index < -0.39 is 24.6 Å². The minimum atomic E-state index is -1.15. The lowest BCUT2D eigenvalue weighted by molar-refractivity contribution is -0.139. The van der Waals surface area contributed by atoms with Crippen molar-refractivity contribution < 1.29 is 24.8 Å². The highest BCUT2D eigenvalue weighted by Crippen LogP contribution is 2.21. The SMILES string of the molecule is CO[C@H]1[C@@H](O)[C@H](CO)O[C@H]1O. The van der Waals surface area contributed by atoms with Crippen LogP contribution in [0.1, 0.15) is 0 Å². The van der Waals surface area contributed by atoms with Gasteiger partial charge in [-0.05, 0) is 0 Å². The Hall–Kier alpha value is -0.200. The van der Waals surface area contributed by atoms with E-state index in [9.17, 15) is 5.11 Å². The van der Waals surface area contributed by atoms with Crippen LogP contribution in [-0.4, -0.2) is 53.6 Å². The molecule has 0 spiro atoms. The molecular weight excluding hydrogens is 152 g/mol. The van der Waals surface area contributed by atoms with Crippen LogP contribution in [0.15, 0.2) is 0 Å². The van der Waals surface area contributed by atoms with E-state index in [-0.39, 0.29) is 6.61 Å². The predicted molar refractivity (Wildman–Crippen MR) is 34.8 cm³/mol. The quantitative estimate of drug-likeness (QED) is 0.443. The molecule has 0 amide bonds. The number of methoxy groups -OCH3 is 1. The average molecular weight is 164 g/mol. The van der Waals surface area contributed by atoms with Crippen LogP contribution < -0.4 is 0 Å². The zero-order chi connectivity index (χ0) is 8.43. The standard InChI is InChI=1S/C6H12O5/c1-10-5-4(8)3(2-7)11-6(5)9/h3-9H,2H2,1H3/t3-,4-,5-,6+/m0/s1. The van der Waals surface area contributed by atoms with Gasteiger partial charge in [0.1, 0.15) is 18.3 Å². The Balaban J connectivity index is 2.55. The first-order chi connectivity index (χ1) is 5.20. The number of hydrogen-bond donors (Lipinski definition) is 3. The molecule has 0 aromatic rings. The molecule has 11 heavy (non-hydrogen) atoms. The van der Waals surface area contributed by atoms with Crippen LogP contribution >= 0.6 is 0 Å². The molecule has 5 nitrogen and oxygen atoms in total. The maximum Gasteiger partial charge on any atom is 0.184 e. The zero-order valence-electron chi connectivity index (χ0n) is 6.17. The van der Waals surface area contributed by atoms with E-state index in [4.69, 9.17) is 19.7 Å². The molecule has 66 valence electrons. The van der Waals surface area contributed by atoms with Crippen molar-refractivity contribution in [2.45, 2.75) is 24.6 Å². The number of hydrogen-bond acceptors (Lipinski definition) is 5. The predicted octanol–water partition coefficient (Wildman–Crippen LogP) is -1.93. The van der Waals surface area contributed by atoms with Gasteiger partial charge >= 0.3 is 0 Å². The van der Waals surface area contributed by atoms with Gasteiger partial charge in [0.25, 0.3) is 0 Å². The highest BCUT2D eigenvalue weighted by atomic mass is 16.7. The summed E-state index contributed by atoms with van der Waals surface area (Å²) >= 11 is 0. The largest absolute Gasteiger partial charge is 0.394 e. The van der Waals surface area contributed by atoms with Crippen molar-refractivity contribution >= 4 is 0 Å². The molecule has 0 saturated carbocycles. The van der Waals surface area contributed by atoms with Gasteiger partial charge < -0.3 is 24.8 Å². The first-order valence-corrected chi connectivity index (χ1v) is 3.36. The molecule has 3 N–H and O–H groups in total. The van der Waals surface area contributed by atoms with Crippen LogP contribution in [0.5, 0.6) is 0 Å². The maximum absolute atomic E-state index is 9.25. The van der Waals surface area contributed by atoms with Crippen molar-refractivity contribution in [2.24, 2.45) is 0 Å². The second-order valence-corrected chi connectivity index (χ2v) is 2.44. The van der Waals surface area contributed by atoms with E-state index >= 15 is 0 Å². The minimum Gasteiger partial charge on any atom is -0.394 e. The van der Waals surface area contributed by atoms with Crippen molar-refractivity contribution in [2.75, 3.05) is 13.7 Å². The summed E-state index contributed by atoms with van der Waals surface area (Å²) in [4.78, 5) is 0. The fourth-order valence-electron chi connectivity index (χ4n) is 1.12. The van der Waals surface area contributed by atoms with E-state index in [1.54, 1.807) is 0 Å². The van der Waals surface area contributed by atoms with E-state index in [1.807, 2.05) is 0 Å². The molecule has 4 atom stereocenters. The lowest BCUT2D eigenvalue weighted by Crippen LogP contribution is -2.35. The molecule has 0 aliphatic carbocycles. The van der Waals surface area contributed by atoms with E-state index in [2.05, 4.69) is 0 Å². The molecule has 1 heterocycles. The Kier molecular flexibility index (Phi) is 2.80. The summed E-state index contributed by atoms with van der Waals surface area (Å²) in [6, 6.07) is 0. The van der Waals surface area contributed by atoms with Crippen LogP contribution in [0.2, 0.25) is 0 Å². The fraction of sp³-hybridized carbons (Fsp3) is 1.00. The summed E-state index contributed by atoms with van der Waals surface area (Å²) in [7, 11) is 1.36. The molecule has 0 bridgehead atoms. The first kappa shape index (κ1) is 8.89. The van der Waals surface area contributed by atoms with Crippen molar-refractivity contribution in [3.8, 4) is 0 Å². The van der Waals surface area contributed by atoms with Crippen LogP contribution in [0.25, 0.3) is 0 Å². The van der Waals surface area contributed by atoms with Crippen LogP contribution in [0, 0.1) is 0 Å². The Morgan fingerprint density at radius 3 is 2.36 bits per heavy atom. The molecular formula is C6H12O5. The Bertz CT molecular complexity index is 128. The van der Waals surface area contributed by atoms with Crippen LogP contribution in [0.4, 0.5) is 0 Å². The van der Waals surface area contributed by atoms with E-state index in [1.165, 1.54) is 7.11 Å². The van der Waals surface area contributed by atoms with Crippen LogP contribution in [-0.2, 0) is 9.47 Å². The number of aliphatic hydroxyl groups excluding tert-OH is 3. The first-order valence-electron chi connectivity index (χ1n) is 3.36.